The van der Waals surface area contributed by atoms with E-state index >= 15 is 0 Å². The lowest BCUT2D eigenvalue weighted by atomic mass is 10.5. The monoisotopic (exact) mass is 140 g/mol. The van der Waals surface area contributed by atoms with Crippen LogP contribution in [0, 0.1) is 16.1 Å². The molecule has 0 aromatic carbocycles. The van der Waals surface area contributed by atoms with Crippen molar-refractivity contribution in [3.05, 3.63) is 10.6 Å². The Bertz CT molecular complexity index is 277. The molecule has 5 heteroatoms. The topological polar surface area (TPSA) is 68.3 Å². The van der Waals surface area contributed by atoms with Crippen molar-refractivity contribution < 1.29 is 0 Å². The zero-order valence-electron chi connectivity index (χ0n) is 4.51. The Hall–Kier alpha value is -1.15. The number of nitrogens with zero attached hydrogens (tertiary/aromatic N) is 2. The van der Waals surface area contributed by atoms with Crippen molar-refractivity contribution >= 4 is 12.2 Å². The highest BCUT2D eigenvalue weighted by Crippen LogP contribution is 1.85. The summed E-state index contributed by atoms with van der Waals surface area (Å²) in [6.07, 6.45) is 0.271. The third kappa shape index (κ3) is 1.37. The molecule has 0 bridgehead atoms. The van der Waals surface area contributed by atoms with Crippen molar-refractivity contribution in [1.29, 1.82) is 5.26 Å². The molecule has 0 aliphatic carbocycles. The first-order valence-electron chi connectivity index (χ1n) is 2.33. The number of nitriles is 1. The molecule has 4 nitrogen and oxygen atoms in total. The van der Waals surface area contributed by atoms with Gasteiger partial charge in [-0.3, -0.25) is 10.2 Å². The van der Waals surface area contributed by atoms with Gasteiger partial charge in [-0.15, -0.1) is 0 Å². The van der Waals surface area contributed by atoms with Crippen LogP contribution in [0.4, 0.5) is 0 Å². The summed E-state index contributed by atoms with van der Waals surface area (Å²) in [4.78, 5) is 3.78. The Morgan fingerprint density at radius 3 is 2.89 bits per heavy atom. The Morgan fingerprint density at radius 2 is 2.44 bits per heavy atom. The van der Waals surface area contributed by atoms with Crippen molar-refractivity contribution in [1.82, 2.24) is 15.2 Å². The van der Waals surface area contributed by atoms with E-state index in [2.05, 4.69) is 27.4 Å². The molecule has 0 saturated carbocycles. The van der Waals surface area contributed by atoms with Crippen LogP contribution < -0.4 is 0 Å². The Kier molecular flexibility index (Phi) is 1.60. The molecule has 0 fully saturated rings. The number of aromatic amines is 2. The van der Waals surface area contributed by atoms with E-state index in [1.54, 1.807) is 0 Å². The Labute approximate surface area is 56.5 Å². The van der Waals surface area contributed by atoms with Gasteiger partial charge in [-0.2, -0.15) is 5.26 Å². The van der Waals surface area contributed by atoms with E-state index in [1.807, 2.05) is 6.07 Å². The molecule has 0 saturated heterocycles. The van der Waals surface area contributed by atoms with Gasteiger partial charge in [0.05, 0.1) is 12.5 Å². The molecule has 0 amide bonds. The van der Waals surface area contributed by atoms with Gasteiger partial charge in [-0.25, -0.2) is 4.98 Å². The fraction of sp³-hybridized carbons (Fsp3) is 0.250. The molecular weight excluding hydrogens is 136 g/mol. The largest absolute Gasteiger partial charge is 0.285 e. The van der Waals surface area contributed by atoms with Crippen molar-refractivity contribution in [2.24, 2.45) is 0 Å². The van der Waals surface area contributed by atoms with Gasteiger partial charge in [0, 0.05) is 0 Å². The quantitative estimate of drug-likeness (QED) is 0.559. The normalized spacial score (nSPS) is 8.78. The second kappa shape index (κ2) is 2.42. The lowest BCUT2D eigenvalue weighted by Crippen LogP contribution is -1.82. The summed E-state index contributed by atoms with van der Waals surface area (Å²) in [5.74, 6) is 0.586. The van der Waals surface area contributed by atoms with Gasteiger partial charge < -0.3 is 0 Å². The van der Waals surface area contributed by atoms with E-state index in [0.717, 1.165) is 0 Å². The first-order chi connectivity index (χ1) is 4.33. The van der Waals surface area contributed by atoms with Crippen LogP contribution in [0.1, 0.15) is 5.82 Å². The number of H-pyrrole nitrogens is 2. The number of hydrogen-bond donors (Lipinski definition) is 2. The highest BCUT2D eigenvalue weighted by molar-refractivity contribution is 7.71. The number of rotatable bonds is 1. The molecule has 9 heavy (non-hydrogen) atoms. The smallest absolute Gasteiger partial charge is 0.213 e. The van der Waals surface area contributed by atoms with Gasteiger partial charge in [-0.1, -0.05) is 0 Å². The maximum atomic E-state index is 8.17. The lowest BCUT2D eigenvalue weighted by molar-refractivity contribution is 0.994. The van der Waals surface area contributed by atoms with Gasteiger partial charge in [0.15, 0.2) is 0 Å². The SMILES string of the molecule is N#CCc1nc(=S)[nH][nH]1. The van der Waals surface area contributed by atoms with E-state index < -0.39 is 0 Å². The molecule has 0 aliphatic heterocycles. The third-order valence-electron chi connectivity index (χ3n) is 0.797. The number of hydrogen-bond acceptors (Lipinski definition) is 3. The number of nitrogens with one attached hydrogen (secondary N) is 2. The van der Waals surface area contributed by atoms with Crippen LogP contribution in [0.5, 0.6) is 0 Å². The summed E-state index contributed by atoms with van der Waals surface area (Å²) in [6, 6.07) is 1.94. The second-order valence-corrected chi connectivity index (χ2v) is 1.84. The standard InChI is InChI=1S/C4H4N4S/c5-2-1-3-6-4(9)8-7-3/h1H2,(H2,6,7,8,9). The molecule has 0 spiro atoms. The minimum atomic E-state index is 0.271. The average Bonchev–Trinajstić information content (AvgIpc) is 2.17. The molecule has 1 aromatic heterocycles. The molecule has 1 rings (SSSR count). The van der Waals surface area contributed by atoms with Gasteiger partial charge in [-0.05, 0) is 12.2 Å². The predicted octanol–water partition coefficient (Wildman–Crippen LogP) is 0.533. The summed E-state index contributed by atoms with van der Waals surface area (Å²) >= 11 is 4.64. The highest BCUT2D eigenvalue weighted by atomic mass is 32.1. The predicted molar refractivity (Wildman–Crippen MR) is 33.1 cm³/mol. The van der Waals surface area contributed by atoms with Crippen LogP contribution in [-0.4, -0.2) is 15.2 Å². The van der Waals surface area contributed by atoms with E-state index in [-0.39, 0.29) is 6.42 Å². The molecule has 0 unspecified atom stereocenters. The highest BCUT2D eigenvalue weighted by Gasteiger charge is 1.91. The fourth-order valence-corrected chi connectivity index (χ4v) is 0.624. The fourth-order valence-electron chi connectivity index (χ4n) is 0.463. The average molecular weight is 140 g/mol. The molecule has 1 heterocycles. The summed E-state index contributed by atoms with van der Waals surface area (Å²) < 4.78 is 0.389. The minimum absolute atomic E-state index is 0.271. The lowest BCUT2D eigenvalue weighted by Gasteiger charge is -1.76. The summed E-state index contributed by atoms with van der Waals surface area (Å²) in [5, 5.41) is 13.4. The Morgan fingerprint density at radius 1 is 1.67 bits per heavy atom. The maximum absolute atomic E-state index is 8.17. The van der Waals surface area contributed by atoms with Crippen LogP contribution in [0.2, 0.25) is 0 Å². The summed E-state index contributed by atoms with van der Waals surface area (Å²) in [6.45, 7) is 0. The molecule has 1 aromatic rings. The van der Waals surface area contributed by atoms with Crippen molar-refractivity contribution in [3.63, 3.8) is 0 Å². The van der Waals surface area contributed by atoms with Crippen molar-refractivity contribution in [2.45, 2.75) is 6.42 Å². The minimum Gasteiger partial charge on any atom is -0.285 e. The first-order valence-corrected chi connectivity index (χ1v) is 2.74. The van der Waals surface area contributed by atoms with Crippen LogP contribution in [-0.2, 0) is 6.42 Å². The van der Waals surface area contributed by atoms with Gasteiger partial charge >= 0.3 is 0 Å². The zero-order chi connectivity index (χ0) is 6.69. The summed E-state index contributed by atoms with van der Waals surface area (Å²) in [5.41, 5.74) is 0. The molecule has 46 valence electrons. The van der Waals surface area contributed by atoms with Crippen LogP contribution in [0.3, 0.4) is 0 Å². The molecule has 0 radical (unpaired) electrons. The van der Waals surface area contributed by atoms with Gasteiger partial charge in [0.25, 0.3) is 0 Å². The van der Waals surface area contributed by atoms with E-state index in [0.29, 0.717) is 10.6 Å². The molecule has 0 atom stereocenters. The van der Waals surface area contributed by atoms with Crippen molar-refractivity contribution in [2.75, 3.05) is 0 Å². The molecule has 2 N–H and O–H groups in total. The summed E-state index contributed by atoms with van der Waals surface area (Å²) in [7, 11) is 0. The third-order valence-corrected chi connectivity index (χ3v) is 0.990. The van der Waals surface area contributed by atoms with Gasteiger partial charge in [0.1, 0.15) is 5.82 Å². The van der Waals surface area contributed by atoms with E-state index in [4.69, 9.17) is 5.26 Å². The second-order valence-electron chi connectivity index (χ2n) is 1.45. The van der Waals surface area contributed by atoms with Crippen LogP contribution >= 0.6 is 12.2 Å². The molecular formula is C4H4N4S. The van der Waals surface area contributed by atoms with Crippen molar-refractivity contribution in [3.8, 4) is 6.07 Å². The van der Waals surface area contributed by atoms with Crippen LogP contribution in [0.15, 0.2) is 0 Å². The van der Waals surface area contributed by atoms with E-state index in [9.17, 15) is 0 Å². The Balaban J connectivity index is 2.88. The van der Waals surface area contributed by atoms with Gasteiger partial charge in [0.2, 0.25) is 4.77 Å². The maximum Gasteiger partial charge on any atom is 0.213 e. The zero-order valence-corrected chi connectivity index (χ0v) is 5.33. The first kappa shape index (κ1) is 5.98. The van der Waals surface area contributed by atoms with Crippen LogP contribution in [0.25, 0.3) is 0 Å². The van der Waals surface area contributed by atoms with E-state index in [1.165, 1.54) is 0 Å². The molecule has 0 aliphatic rings. The number of aromatic nitrogens is 3.